The molecule has 1 aliphatic carbocycles. The maximum Gasteiger partial charge on any atom is 0.256 e. The third-order valence-corrected chi connectivity index (χ3v) is 7.14. The van der Waals surface area contributed by atoms with Crippen molar-refractivity contribution in [1.29, 1.82) is 0 Å². The van der Waals surface area contributed by atoms with Crippen LogP contribution in [-0.2, 0) is 5.75 Å². The number of ether oxygens (including phenoxy) is 2. The Labute approximate surface area is 178 Å². The molecule has 0 radical (unpaired) electrons. The monoisotopic (exact) mass is 423 g/mol. The third-order valence-electron chi connectivity index (χ3n) is 5.26. The molecule has 0 saturated heterocycles. The average molecular weight is 424 g/mol. The standard InChI is InChI=1S/C23H21NO3S2/c25-22(18-5-1-2-6-21(18)29-15-16-9-12-28-14-16)24-17-7-8-19-20(13-17)27-23(26-19)10-3-4-11-23/h1-2,5-9,12-14H,3-4,10-11,15H2,(H,24,25). The number of rotatable bonds is 5. The molecule has 0 unspecified atom stereocenters. The lowest BCUT2D eigenvalue weighted by atomic mass is 10.2. The Morgan fingerprint density at radius 2 is 1.90 bits per heavy atom. The summed E-state index contributed by atoms with van der Waals surface area (Å²) in [5.74, 6) is 1.71. The van der Waals surface area contributed by atoms with E-state index in [1.54, 1.807) is 23.1 Å². The van der Waals surface area contributed by atoms with Crippen molar-refractivity contribution in [2.75, 3.05) is 5.32 Å². The zero-order chi connectivity index (χ0) is 19.7. The minimum absolute atomic E-state index is 0.118. The lowest BCUT2D eigenvalue weighted by Crippen LogP contribution is -2.34. The summed E-state index contributed by atoms with van der Waals surface area (Å²) in [5.41, 5.74) is 2.66. The van der Waals surface area contributed by atoms with E-state index in [2.05, 4.69) is 22.1 Å². The lowest BCUT2D eigenvalue weighted by molar-refractivity contribution is -0.0716. The first-order valence-electron chi connectivity index (χ1n) is 9.77. The van der Waals surface area contributed by atoms with Crippen molar-refractivity contribution in [3.63, 3.8) is 0 Å². The van der Waals surface area contributed by atoms with Crippen LogP contribution in [0.4, 0.5) is 5.69 Å². The number of thiophene rings is 1. The van der Waals surface area contributed by atoms with Gasteiger partial charge in [-0.2, -0.15) is 11.3 Å². The number of carbonyl (C=O) groups is 1. The maximum atomic E-state index is 13.0. The van der Waals surface area contributed by atoms with Gasteiger partial charge in [0.25, 0.3) is 11.7 Å². The van der Waals surface area contributed by atoms with Crippen LogP contribution >= 0.6 is 23.1 Å². The molecule has 1 aromatic heterocycles. The van der Waals surface area contributed by atoms with Gasteiger partial charge < -0.3 is 14.8 Å². The molecule has 0 atom stereocenters. The molecule has 1 amide bonds. The summed E-state index contributed by atoms with van der Waals surface area (Å²) >= 11 is 3.37. The van der Waals surface area contributed by atoms with Crippen LogP contribution in [0.1, 0.15) is 41.6 Å². The Morgan fingerprint density at radius 1 is 1.07 bits per heavy atom. The van der Waals surface area contributed by atoms with E-state index in [9.17, 15) is 4.79 Å². The number of fused-ring (bicyclic) bond motifs is 1. The van der Waals surface area contributed by atoms with E-state index in [4.69, 9.17) is 9.47 Å². The Hall–Kier alpha value is -2.44. The van der Waals surface area contributed by atoms with Crippen molar-refractivity contribution in [3.8, 4) is 11.5 Å². The van der Waals surface area contributed by atoms with Gasteiger partial charge in [0.1, 0.15) is 0 Å². The minimum atomic E-state index is -0.490. The lowest BCUT2D eigenvalue weighted by Gasteiger charge is -2.21. The normalized spacial score (nSPS) is 16.3. The van der Waals surface area contributed by atoms with E-state index in [0.717, 1.165) is 42.1 Å². The van der Waals surface area contributed by atoms with Crippen LogP contribution < -0.4 is 14.8 Å². The van der Waals surface area contributed by atoms with Crippen molar-refractivity contribution >= 4 is 34.7 Å². The fraction of sp³-hybridized carbons (Fsp3) is 0.261. The Morgan fingerprint density at radius 3 is 2.72 bits per heavy atom. The van der Waals surface area contributed by atoms with Gasteiger partial charge in [-0.1, -0.05) is 12.1 Å². The molecule has 4 nitrogen and oxygen atoms in total. The average Bonchev–Trinajstić information content (AvgIpc) is 3.48. The molecule has 2 aromatic carbocycles. The van der Waals surface area contributed by atoms with Gasteiger partial charge in [0.2, 0.25) is 0 Å². The first kappa shape index (κ1) is 18.6. The Balaban J connectivity index is 1.30. The molecule has 1 fully saturated rings. The van der Waals surface area contributed by atoms with E-state index in [1.807, 2.05) is 42.5 Å². The summed E-state index contributed by atoms with van der Waals surface area (Å²) < 4.78 is 12.2. The molecule has 5 rings (SSSR count). The first-order valence-corrected chi connectivity index (χ1v) is 11.7. The van der Waals surface area contributed by atoms with E-state index >= 15 is 0 Å². The summed E-state index contributed by atoms with van der Waals surface area (Å²) in [5, 5.41) is 7.23. The molecule has 1 spiro atoms. The highest BCUT2D eigenvalue weighted by molar-refractivity contribution is 7.98. The highest BCUT2D eigenvalue weighted by Crippen LogP contribution is 2.47. The summed E-state index contributed by atoms with van der Waals surface area (Å²) in [6, 6.07) is 15.5. The Bertz CT molecular complexity index is 1030. The molecule has 3 aromatic rings. The van der Waals surface area contributed by atoms with Crippen molar-refractivity contribution in [3.05, 3.63) is 70.4 Å². The molecule has 2 heterocycles. The van der Waals surface area contributed by atoms with Gasteiger partial charge in [-0.05, 0) is 59.5 Å². The van der Waals surface area contributed by atoms with Crippen molar-refractivity contribution < 1.29 is 14.3 Å². The topological polar surface area (TPSA) is 47.6 Å². The number of hydrogen-bond donors (Lipinski definition) is 1. The number of benzene rings is 2. The number of hydrogen-bond acceptors (Lipinski definition) is 5. The predicted molar refractivity (Wildman–Crippen MR) is 117 cm³/mol. The summed E-state index contributed by atoms with van der Waals surface area (Å²) in [7, 11) is 0. The third kappa shape index (κ3) is 3.87. The second-order valence-corrected chi connectivity index (χ2v) is 9.15. The second-order valence-electron chi connectivity index (χ2n) is 7.35. The van der Waals surface area contributed by atoms with Crippen LogP contribution in [0.3, 0.4) is 0 Å². The van der Waals surface area contributed by atoms with Gasteiger partial charge >= 0.3 is 0 Å². The van der Waals surface area contributed by atoms with Gasteiger partial charge in [0, 0.05) is 35.2 Å². The molecule has 0 bridgehead atoms. The number of thioether (sulfide) groups is 1. The smallest absolute Gasteiger partial charge is 0.256 e. The van der Waals surface area contributed by atoms with Crippen LogP contribution in [0.15, 0.2) is 64.2 Å². The number of amides is 1. The molecule has 29 heavy (non-hydrogen) atoms. The number of carbonyl (C=O) groups excluding carboxylic acids is 1. The quantitative estimate of drug-likeness (QED) is 0.487. The van der Waals surface area contributed by atoms with Crippen LogP contribution in [-0.4, -0.2) is 11.7 Å². The first-order chi connectivity index (χ1) is 14.2. The summed E-state index contributed by atoms with van der Waals surface area (Å²) in [6.07, 6.45) is 4.07. The molecular weight excluding hydrogens is 402 g/mol. The van der Waals surface area contributed by atoms with Gasteiger partial charge in [-0.3, -0.25) is 4.79 Å². The van der Waals surface area contributed by atoms with E-state index in [-0.39, 0.29) is 5.91 Å². The predicted octanol–water partition coefficient (Wildman–Crippen LogP) is 6.33. The largest absolute Gasteiger partial charge is 0.448 e. The van der Waals surface area contributed by atoms with Crippen LogP contribution in [0.2, 0.25) is 0 Å². The van der Waals surface area contributed by atoms with Crippen LogP contribution in [0, 0.1) is 0 Å². The van der Waals surface area contributed by atoms with Crippen molar-refractivity contribution in [2.45, 2.75) is 42.1 Å². The molecular formula is C23H21NO3S2. The molecule has 148 valence electrons. The summed E-state index contributed by atoms with van der Waals surface area (Å²) in [6.45, 7) is 0. The maximum absolute atomic E-state index is 13.0. The van der Waals surface area contributed by atoms with E-state index in [0.29, 0.717) is 17.0 Å². The van der Waals surface area contributed by atoms with Gasteiger partial charge in [0.05, 0.1) is 5.56 Å². The molecule has 6 heteroatoms. The second kappa shape index (κ2) is 7.76. The van der Waals surface area contributed by atoms with E-state index < -0.39 is 5.79 Å². The molecule has 2 aliphatic rings. The van der Waals surface area contributed by atoms with E-state index in [1.165, 1.54) is 5.56 Å². The molecule has 1 saturated carbocycles. The Kier molecular flexibility index (Phi) is 4.97. The number of nitrogens with one attached hydrogen (secondary N) is 1. The summed E-state index contributed by atoms with van der Waals surface area (Å²) in [4.78, 5) is 13.9. The van der Waals surface area contributed by atoms with Gasteiger partial charge in [-0.15, -0.1) is 11.8 Å². The zero-order valence-electron chi connectivity index (χ0n) is 15.9. The SMILES string of the molecule is O=C(Nc1ccc2c(c1)OC1(CCCC1)O2)c1ccccc1SCc1ccsc1. The highest BCUT2D eigenvalue weighted by atomic mass is 32.2. The fourth-order valence-corrected chi connectivity index (χ4v) is 5.57. The van der Waals surface area contributed by atoms with Crippen LogP contribution in [0.5, 0.6) is 11.5 Å². The van der Waals surface area contributed by atoms with Gasteiger partial charge in [0.15, 0.2) is 11.5 Å². The fourth-order valence-electron chi connectivity index (χ4n) is 3.80. The van der Waals surface area contributed by atoms with Crippen LogP contribution in [0.25, 0.3) is 0 Å². The molecule has 1 aliphatic heterocycles. The highest BCUT2D eigenvalue weighted by Gasteiger charge is 2.44. The van der Waals surface area contributed by atoms with Crippen molar-refractivity contribution in [1.82, 2.24) is 0 Å². The van der Waals surface area contributed by atoms with Gasteiger partial charge in [-0.25, -0.2) is 0 Å². The molecule has 1 N–H and O–H groups in total. The van der Waals surface area contributed by atoms with Crippen molar-refractivity contribution in [2.24, 2.45) is 0 Å². The number of anilines is 1. The zero-order valence-corrected chi connectivity index (χ0v) is 17.5. The minimum Gasteiger partial charge on any atom is -0.448 e.